The van der Waals surface area contributed by atoms with Crippen molar-refractivity contribution in [1.82, 2.24) is 10.2 Å². The Balaban J connectivity index is 2.52. The minimum Gasteiger partial charge on any atom is -0.466 e. The van der Waals surface area contributed by atoms with E-state index in [-0.39, 0.29) is 12.0 Å². The van der Waals surface area contributed by atoms with Gasteiger partial charge in [-0.3, -0.25) is 0 Å². The van der Waals surface area contributed by atoms with Crippen LogP contribution >= 0.6 is 28.1 Å². The van der Waals surface area contributed by atoms with E-state index in [4.69, 9.17) is 17.0 Å². The molecule has 124 valence electrons. The van der Waals surface area contributed by atoms with Gasteiger partial charge in [0.25, 0.3) is 0 Å². The summed E-state index contributed by atoms with van der Waals surface area (Å²) in [4.78, 5) is 14.4. The van der Waals surface area contributed by atoms with Crippen LogP contribution in [-0.2, 0) is 9.53 Å². The molecule has 0 aliphatic carbocycles. The molecule has 6 heteroatoms. The average molecular weight is 397 g/mol. The number of thiocarbonyl (C=S) groups is 1. The van der Waals surface area contributed by atoms with Gasteiger partial charge in [0.1, 0.15) is 0 Å². The second-order valence-electron chi connectivity index (χ2n) is 5.93. The van der Waals surface area contributed by atoms with Gasteiger partial charge in [0.15, 0.2) is 5.11 Å². The van der Waals surface area contributed by atoms with Crippen LogP contribution in [0.4, 0.5) is 0 Å². The van der Waals surface area contributed by atoms with Gasteiger partial charge in [-0.25, -0.2) is 4.79 Å². The molecule has 1 aliphatic heterocycles. The molecule has 0 fully saturated rings. The highest BCUT2D eigenvalue weighted by Crippen LogP contribution is 2.32. The Bertz CT molecular complexity index is 658. The predicted octanol–water partition coefficient (Wildman–Crippen LogP) is 3.78. The molecule has 0 saturated carbocycles. The number of hydrogen-bond acceptors (Lipinski definition) is 3. The number of esters is 1. The normalized spacial score (nSPS) is 18.3. The second-order valence-corrected chi connectivity index (χ2v) is 7.24. The van der Waals surface area contributed by atoms with Gasteiger partial charge in [0.2, 0.25) is 0 Å². The lowest BCUT2D eigenvalue weighted by Gasteiger charge is -2.38. The minimum atomic E-state index is -0.337. The van der Waals surface area contributed by atoms with E-state index in [0.29, 0.717) is 16.6 Å². The summed E-state index contributed by atoms with van der Waals surface area (Å²) in [5.74, 6) is 0.0854. The molecule has 0 radical (unpaired) electrons. The maximum Gasteiger partial charge on any atom is 0.337 e. The largest absolute Gasteiger partial charge is 0.466 e. The summed E-state index contributed by atoms with van der Waals surface area (Å²) in [6.45, 7) is 6.92. The number of halogens is 1. The molecule has 1 heterocycles. The van der Waals surface area contributed by atoms with Crippen molar-refractivity contribution in [2.24, 2.45) is 5.92 Å². The Hall–Kier alpha value is -1.40. The molecule has 0 spiro atoms. The third-order valence-electron chi connectivity index (χ3n) is 3.73. The Labute approximate surface area is 151 Å². The molecule has 0 amide bonds. The lowest BCUT2D eigenvalue weighted by molar-refractivity contribution is -0.136. The average Bonchev–Trinajstić information content (AvgIpc) is 2.50. The number of methoxy groups -OCH3 is 1. The summed E-state index contributed by atoms with van der Waals surface area (Å²) in [7, 11) is 1.40. The van der Waals surface area contributed by atoms with Crippen molar-refractivity contribution in [2.45, 2.75) is 26.8 Å². The molecule has 1 aliphatic rings. The van der Waals surface area contributed by atoms with Gasteiger partial charge < -0.3 is 15.0 Å². The number of nitrogens with zero attached hydrogens (tertiary/aromatic N) is 1. The van der Waals surface area contributed by atoms with Crippen molar-refractivity contribution in [1.29, 1.82) is 0 Å². The zero-order valence-corrected chi connectivity index (χ0v) is 16.1. The topological polar surface area (TPSA) is 41.6 Å². The molecule has 1 aromatic rings. The Kier molecular flexibility index (Phi) is 5.81. The van der Waals surface area contributed by atoms with Crippen molar-refractivity contribution in [2.75, 3.05) is 13.7 Å². The third kappa shape index (κ3) is 3.93. The van der Waals surface area contributed by atoms with Crippen LogP contribution in [0, 0.1) is 5.92 Å². The standard InChI is InChI=1S/C17H21BrN2O2S/c1-10(2)9-20-11(3)14(16(21)22-4)15(19-17(20)23)12-6-5-7-13(18)8-12/h5-8,10,15H,9H2,1-4H3,(H,19,23). The van der Waals surface area contributed by atoms with Crippen LogP contribution in [0.2, 0.25) is 0 Å². The van der Waals surface area contributed by atoms with Gasteiger partial charge in [-0.15, -0.1) is 0 Å². The fourth-order valence-electron chi connectivity index (χ4n) is 2.68. The molecular weight excluding hydrogens is 376 g/mol. The van der Waals surface area contributed by atoms with Crippen molar-refractivity contribution < 1.29 is 9.53 Å². The van der Waals surface area contributed by atoms with Crippen molar-refractivity contribution >= 4 is 39.2 Å². The van der Waals surface area contributed by atoms with Gasteiger partial charge in [0.05, 0.1) is 18.7 Å². The van der Waals surface area contributed by atoms with E-state index >= 15 is 0 Å². The molecule has 2 rings (SSSR count). The van der Waals surface area contributed by atoms with Crippen LogP contribution in [0.15, 0.2) is 40.0 Å². The van der Waals surface area contributed by atoms with Crippen LogP contribution < -0.4 is 5.32 Å². The minimum absolute atomic E-state index is 0.309. The number of ether oxygens (including phenoxy) is 1. The maximum atomic E-state index is 12.4. The van der Waals surface area contributed by atoms with Crippen LogP contribution in [-0.4, -0.2) is 29.6 Å². The van der Waals surface area contributed by atoms with E-state index in [1.54, 1.807) is 0 Å². The first-order valence-corrected chi connectivity index (χ1v) is 8.67. The van der Waals surface area contributed by atoms with Gasteiger partial charge >= 0.3 is 5.97 Å². The summed E-state index contributed by atoms with van der Waals surface area (Å²) in [6.07, 6.45) is 0. The zero-order valence-electron chi connectivity index (χ0n) is 13.7. The van der Waals surface area contributed by atoms with Crippen LogP contribution in [0.5, 0.6) is 0 Å². The van der Waals surface area contributed by atoms with Gasteiger partial charge in [-0.2, -0.15) is 0 Å². The number of carbonyl (C=O) groups is 1. The summed E-state index contributed by atoms with van der Waals surface area (Å²) in [5.41, 5.74) is 2.41. The SMILES string of the molecule is COC(=O)C1=C(C)N(CC(C)C)C(=S)NC1c1cccc(Br)c1. The summed E-state index contributed by atoms with van der Waals surface area (Å²) < 4.78 is 5.97. The summed E-state index contributed by atoms with van der Waals surface area (Å²) in [6, 6.07) is 7.53. The quantitative estimate of drug-likeness (QED) is 0.619. The fraction of sp³-hybridized carbons (Fsp3) is 0.412. The van der Waals surface area contributed by atoms with Crippen molar-refractivity contribution in [3.8, 4) is 0 Å². The molecule has 1 aromatic carbocycles. The number of nitrogens with one attached hydrogen (secondary N) is 1. The lowest BCUT2D eigenvalue weighted by atomic mass is 9.95. The van der Waals surface area contributed by atoms with E-state index in [1.807, 2.05) is 36.1 Å². The molecule has 0 saturated heterocycles. The maximum absolute atomic E-state index is 12.4. The van der Waals surface area contributed by atoms with E-state index in [1.165, 1.54) is 7.11 Å². The highest BCUT2D eigenvalue weighted by molar-refractivity contribution is 9.10. The Morgan fingerprint density at radius 2 is 2.17 bits per heavy atom. The monoisotopic (exact) mass is 396 g/mol. The molecule has 1 N–H and O–H groups in total. The highest BCUT2D eigenvalue weighted by Gasteiger charge is 2.34. The van der Waals surface area contributed by atoms with E-state index in [9.17, 15) is 4.79 Å². The molecule has 4 nitrogen and oxygen atoms in total. The van der Waals surface area contributed by atoms with Crippen LogP contribution in [0.25, 0.3) is 0 Å². The number of benzene rings is 1. The van der Waals surface area contributed by atoms with Gasteiger partial charge in [0, 0.05) is 16.7 Å². The second kappa shape index (κ2) is 7.45. The molecule has 1 unspecified atom stereocenters. The lowest BCUT2D eigenvalue weighted by Crippen LogP contribution is -2.48. The van der Waals surface area contributed by atoms with Gasteiger partial charge in [-0.05, 0) is 42.8 Å². The Morgan fingerprint density at radius 3 is 2.74 bits per heavy atom. The van der Waals surface area contributed by atoms with Crippen molar-refractivity contribution in [3.05, 3.63) is 45.6 Å². The molecule has 1 atom stereocenters. The predicted molar refractivity (Wildman–Crippen MR) is 98.9 cm³/mol. The number of hydrogen-bond donors (Lipinski definition) is 1. The zero-order chi connectivity index (χ0) is 17.1. The van der Waals surface area contributed by atoms with E-state index < -0.39 is 0 Å². The van der Waals surface area contributed by atoms with Crippen molar-refractivity contribution in [3.63, 3.8) is 0 Å². The number of carbonyl (C=O) groups excluding carboxylic acids is 1. The Morgan fingerprint density at radius 1 is 1.48 bits per heavy atom. The molecule has 0 bridgehead atoms. The number of rotatable bonds is 4. The summed E-state index contributed by atoms with van der Waals surface area (Å²) in [5, 5.41) is 3.92. The van der Waals surface area contributed by atoms with E-state index in [2.05, 4.69) is 35.1 Å². The van der Waals surface area contributed by atoms with Crippen LogP contribution in [0.1, 0.15) is 32.4 Å². The molecule has 23 heavy (non-hydrogen) atoms. The van der Waals surface area contributed by atoms with Gasteiger partial charge in [-0.1, -0.05) is 41.9 Å². The first-order chi connectivity index (χ1) is 10.8. The third-order valence-corrected chi connectivity index (χ3v) is 4.56. The smallest absolute Gasteiger partial charge is 0.337 e. The number of allylic oxidation sites excluding steroid dienone is 1. The van der Waals surface area contributed by atoms with E-state index in [0.717, 1.165) is 22.3 Å². The first kappa shape index (κ1) is 17.9. The molecular formula is C17H21BrN2O2S. The molecule has 0 aromatic heterocycles. The highest BCUT2D eigenvalue weighted by atomic mass is 79.9. The van der Waals surface area contributed by atoms with Crippen LogP contribution in [0.3, 0.4) is 0 Å². The summed E-state index contributed by atoms with van der Waals surface area (Å²) >= 11 is 9.00. The fourth-order valence-corrected chi connectivity index (χ4v) is 3.42. The first-order valence-electron chi connectivity index (χ1n) is 7.47.